The van der Waals surface area contributed by atoms with Crippen LogP contribution >= 0.6 is 0 Å². The van der Waals surface area contributed by atoms with Crippen LogP contribution in [0.3, 0.4) is 0 Å². The maximum absolute atomic E-state index is 6.29. The molecule has 2 saturated carbocycles. The van der Waals surface area contributed by atoms with Gasteiger partial charge in [0.15, 0.2) is 0 Å². The van der Waals surface area contributed by atoms with Gasteiger partial charge in [-0.05, 0) is 50.9 Å². The summed E-state index contributed by atoms with van der Waals surface area (Å²) in [6, 6.07) is 0.313. The van der Waals surface area contributed by atoms with Crippen molar-refractivity contribution in [3.8, 4) is 0 Å². The van der Waals surface area contributed by atoms with Crippen LogP contribution in [0, 0.1) is 17.8 Å². The van der Waals surface area contributed by atoms with E-state index in [-0.39, 0.29) is 0 Å². The van der Waals surface area contributed by atoms with Crippen LogP contribution in [0.5, 0.6) is 0 Å². The van der Waals surface area contributed by atoms with E-state index in [0.717, 1.165) is 17.8 Å². The largest absolute Gasteiger partial charge is 0.324 e. The molecule has 0 spiro atoms. The Kier molecular flexibility index (Phi) is 4.07. The topological polar surface area (TPSA) is 26.0 Å². The first-order chi connectivity index (χ1) is 7.66. The maximum atomic E-state index is 6.29. The first kappa shape index (κ1) is 12.2. The monoisotopic (exact) mass is 221 g/mol. The first-order valence-electron chi connectivity index (χ1n) is 7.07. The Labute approximate surface area is 100 Å². The second-order valence-corrected chi connectivity index (χ2v) is 6.20. The minimum Gasteiger partial charge on any atom is -0.324 e. The van der Waals surface area contributed by atoms with Gasteiger partial charge in [0.05, 0.1) is 0 Å². The van der Waals surface area contributed by atoms with Crippen molar-refractivity contribution in [3.63, 3.8) is 0 Å². The Hall–Kier alpha value is -0.300. The van der Waals surface area contributed by atoms with Crippen molar-refractivity contribution in [3.05, 3.63) is 11.6 Å². The predicted molar refractivity (Wildman–Crippen MR) is 70.2 cm³/mol. The molecule has 1 nitrogen and oxygen atoms in total. The predicted octanol–water partition coefficient (Wildman–Crippen LogP) is 3.89. The molecule has 2 fully saturated rings. The third-order valence-electron chi connectivity index (χ3n) is 4.65. The highest BCUT2D eigenvalue weighted by Crippen LogP contribution is 2.43. The zero-order valence-corrected chi connectivity index (χ0v) is 10.9. The molecule has 0 aliphatic heterocycles. The molecular weight excluding hydrogens is 194 g/mol. The van der Waals surface area contributed by atoms with Crippen molar-refractivity contribution in [1.82, 2.24) is 0 Å². The molecule has 92 valence electrons. The second kappa shape index (κ2) is 5.35. The van der Waals surface area contributed by atoms with E-state index in [9.17, 15) is 0 Å². The van der Waals surface area contributed by atoms with Crippen LogP contribution in [-0.2, 0) is 0 Å². The molecule has 0 aromatic heterocycles. The van der Waals surface area contributed by atoms with Crippen LogP contribution in [0.2, 0.25) is 0 Å². The number of allylic oxidation sites excluding steroid dienone is 1. The van der Waals surface area contributed by atoms with Gasteiger partial charge >= 0.3 is 0 Å². The van der Waals surface area contributed by atoms with Gasteiger partial charge in [0, 0.05) is 6.04 Å². The van der Waals surface area contributed by atoms with Crippen molar-refractivity contribution in [2.75, 3.05) is 0 Å². The molecule has 0 bridgehead atoms. The minimum atomic E-state index is 0.313. The number of rotatable bonds is 2. The molecule has 0 aromatic rings. The van der Waals surface area contributed by atoms with Gasteiger partial charge in [0.25, 0.3) is 0 Å². The van der Waals surface area contributed by atoms with Crippen LogP contribution in [0.15, 0.2) is 11.6 Å². The van der Waals surface area contributed by atoms with Gasteiger partial charge in [-0.1, -0.05) is 37.3 Å². The van der Waals surface area contributed by atoms with E-state index in [0.29, 0.717) is 6.04 Å². The lowest BCUT2D eigenvalue weighted by molar-refractivity contribution is 0.124. The Balaban J connectivity index is 1.91. The summed E-state index contributed by atoms with van der Waals surface area (Å²) < 4.78 is 0. The lowest BCUT2D eigenvalue weighted by Gasteiger charge is -2.40. The Morgan fingerprint density at radius 3 is 2.44 bits per heavy atom. The molecule has 0 radical (unpaired) electrons. The number of nitrogens with two attached hydrogens (primary N) is 1. The van der Waals surface area contributed by atoms with Gasteiger partial charge in [-0.15, -0.1) is 0 Å². The molecule has 0 aromatic carbocycles. The van der Waals surface area contributed by atoms with Crippen molar-refractivity contribution in [1.29, 1.82) is 0 Å². The Morgan fingerprint density at radius 2 is 1.75 bits per heavy atom. The zero-order valence-electron chi connectivity index (χ0n) is 10.9. The van der Waals surface area contributed by atoms with E-state index in [1.807, 2.05) is 0 Å². The molecule has 0 saturated heterocycles. The summed E-state index contributed by atoms with van der Waals surface area (Å²) in [6.45, 7) is 4.32. The number of hydrogen-bond acceptors (Lipinski definition) is 1. The maximum Gasteiger partial charge on any atom is 0.0254 e. The SMILES string of the molecule is CC(C)=CC(N)C1CCC2CCCCC2C1. The highest BCUT2D eigenvalue weighted by Gasteiger charge is 2.33. The summed E-state index contributed by atoms with van der Waals surface area (Å²) in [7, 11) is 0. The van der Waals surface area contributed by atoms with E-state index in [4.69, 9.17) is 5.73 Å². The molecule has 0 amide bonds. The lowest BCUT2D eigenvalue weighted by atomic mass is 9.66. The van der Waals surface area contributed by atoms with Crippen LogP contribution < -0.4 is 5.73 Å². The van der Waals surface area contributed by atoms with Crippen molar-refractivity contribution in [2.45, 2.75) is 64.8 Å². The summed E-state index contributed by atoms with van der Waals surface area (Å²) >= 11 is 0. The van der Waals surface area contributed by atoms with E-state index in [2.05, 4.69) is 19.9 Å². The highest BCUT2D eigenvalue weighted by atomic mass is 14.6. The third-order valence-corrected chi connectivity index (χ3v) is 4.65. The molecule has 1 heteroatoms. The molecule has 2 aliphatic carbocycles. The summed E-state index contributed by atoms with van der Waals surface area (Å²) in [5.41, 5.74) is 7.67. The zero-order chi connectivity index (χ0) is 11.5. The van der Waals surface area contributed by atoms with E-state index in [1.54, 1.807) is 0 Å². The molecule has 0 heterocycles. The van der Waals surface area contributed by atoms with E-state index in [1.165, 1.54) is 50.5 Å². The van der Waals surface area contributed by atoms with Crippen molar-refractivity contribution >= 4 is 0 Å². The molecule has 2 rings (SSSR count). The Bertz CT molecular complexity index is 252. The molecule has 2 aliphatic rings. The lowest BCUT2D eigenvalue weighted by Crippen LogP contribution is -2.36. The molecule has 4 atom stereocenters. The van der Waals surface area contributed by atoms with Gasteiger partial charge in [-0.3, -0.25) is 0 Å². The average molecular weight is 221 g/mol. The minimum absolute atomic E-state index is 0.313. The van der Waals surface area contributed by atoms with E-state index >= 15 is 0 Å². The Morgan fingerprint density at radius 1 is 1.06 bits per heavy atom. The summed E-state index contributed by atoms with van der Waals surface area (Å²) in [6.07, 6.45) is 12.4. The van der Waals surface area contributed by atoms with Gasteiger partial charge < -0.3 is 5.73 Å². The summed E-state index contributed by atoms with van der Waals surface area (Å²) in [5, 5.41) is 0. The van der Waals surface area contributed by atoms with Crippen LogP contribution in [-0.4, -0.2) is 6.04 Å². The smallest absolute Gasteiger partial charge is 0.0254 e. The number of hydrogen-bond donors (Lipinski definition) is 1. The molecule has 4 unspecified atom stereocenters. The fourth-order valence-corrected chi connectivity index (χ4v) is 3.78. The molecular formula is C15H27N. The first-order valence-corrected chi connectivity index (χ1v) is 7.07. The highest BCUT2D eigenvalue weighted by molar-refractivity contribution is 5.03. The molecule has 2 N–H and O–H groups in total. The summed E-state index contributed by atoms with van der Waals surface area (Å²) in [4.78, 5) is 0. The van der Waals surface area contributed by atoms with Crippen LogP contribution in [0.1, 0.15) is 58.8 Å². The fraction of sp³-hybridized carbons (Fsp3) is 0.867. The second-order valence-electron chi connectivity index (χ2n) is 6.20. The third kappa shape index (κ3) is 2.88. The van der Waals surface area contributed by atoms with Crippen molar-refractivity contribution < 1.29 is 0 Å². The standard InChI is InChI=1S/C15H27N/c1-11(2)9-15(16)14-8-7-12-5-3-4-6-13(12)10-14/h9,12-15H,3-8,10,16H2,1-2H3. The van der Waals surface area contributed by atoms with E-state index < -0.39 is 0 Å². The quantitative estimate of drug-likeness (QED) is 0.703. The van der Waals surface area contributed by atoms with Gasteiger partial charge in [-0.2, -0.15) is 0 Å². The molecule has 16 heavy (non-hydrogen) atoms. The van der Waals surface area contributed by atoms with Gasteiger partial charge in [0.2, 0.25) is 0 Å². The summed E-state index contributed by atoms with van der Waals surface area (Å²) in [5.74, 6) is 2.81. The average Bonchev–Trinajstić information content (AvgIpc) is 2.27. The van der Waals surface area contributed by atoms with Gasteiger partial charge in [-0.25, -0.2) is 0 Å². The van der Waals surface area contributed by atoms with Crippen molar-refractivity contribution in [2.24, 2.45) is 23.5 Å². The fourth-order valence-electron chi connectivity index (χ4n) is 3.78. The van der Waals surface area contributed by atoms with Crippen LogP contribution in [0.25, 0.3) is 0 Å². The normalized spacial score (nSPS) is 36.3. The van der Waals surface area contributed by atoms with Crippen LogP contribution in [0.4, 0.5) is 0 Å². The number of fused-ring (bicyclic) bond motifs is 1. The van der Waals surface area contributed by atoms with Gasteiger partial charge in [0.1, 0.15) is 0 Å².